The smallest absolute Gasteiger partial charge is 0.404 e. The average Bonchev–Trinajstić information content (AvgIpc) is 3.04. The minimum atomic E-state index is -4.69. The summed E-state index contributed by atoms with van der Waals surface area (Å²) in [6, 6.07) is -1.19. The van der Waals surface area contributed by atoms with Crippen LogP contribution in [-0.4, -0.2) is 58.3 Å². The third-order valence-electron chi connectivity index (χ3n) is 4.07. The number of carboxylic acids is 1. The van der Waals surface area contributed by atoms with E-state index in [4.69, 9.17) is 0 Å². The zero-order valence-electron chi connectivity index (χ0n) is 11.4. The van der Waals surface area contributed by atoms with E-state index in [2.05, 4.69) is 5.32 Å². The van der Waals surface area contributed by atoms with Crippen LogP contribution < -0.4 is 5.32 Å². The van der Waals surface area contributed by atoms with Crippen LogP contribution in [0.3, 0.4) is 0 Å². The summed E-state index contributed by atoms with van der Waals surface area (Å²) < 4.78 is 40.3. The molecule has 21 heavy (non-hydrogen) atoms. The minimum absolute atomic E-state index is 0.0980. The van der Waals surface area contributed by atoms with Crippen molar-refractivity contribution in [2.45, 2.75) is 37.4 Å². The lowest BCUT2D eigenvalue weighted by Gasteiger charge is -2.37. The molecule has 0 aromatic heterocycles. The predicted octanol–water partition coefficient (Wildman–Crippen LogP) is 1.29. The third-order valence-corrected chi connectivity index (χ3v) is 5.52. The number of aliphatic carboxylic acids is 1. The topological polar surface area (TPSA) is 69.6 Å². The largest absolute Gasteiger partial charge is 0.480 e. The molecule has 9 heteroatoms. The van der Waals surface area contributed by atoms with E-state index in [0.717, 1.165) is 4.90 Å². The van der Waals surface area contributed by atoms with Crippen LogP contribution in [0.1, 0.15) is 19.8 Å². The van der Waals surface area contributed by atoms with Crippen molar-refractivity contribution in [3.63, 3.8) is 0 Å². The Kier molecular flexibility index (Phi) is 4.44. The molecular weight excluding hydrogens is 309 g/mol. The van der Waals surface area contributed by atoms with E-state index in [-0.39, 0.29) is 18.7 Å². The van der Waals surface area contributed by atoms with Crippen LogP contribution in [0.4, 0.5) is 13.2 Å². The normalized spacial score (nSPS) is 33.4. The first kappa shape index (κ1) is 16.4. The number of nitrogens with zero attached hydrogens (tertiary/aromatic N) is 1. The number of alkyl halides is 3. The molecule has 2 saturated heterocycles. The van der Waals surface area contributed by atoms with Gasteiger partial charge in [-0.15, -0.1) is 11.8 Å². The maximum atomic E-state index is 13.4. The predicted molar refractivity (Wildman–Crippen MR) is 70.8 cm³/mol. The van der Waals surface area contributed by atoms with E-state index in [9.17, 15) is 27.9 Å². The Labute approximate surface area is 124 Å². The molecule has 3 unspecified atom stereocenters. The zero-order valence-corrected chi connectivity index (χ0v) is 12.3. The van der Waals surface area contributed by atoms with Gasteiger partial charge in [0, 0.05) is 12.3 Å². The maximum Gasteiger partial charge on any atom is 0.404 e. The first-order chi connectivity index (χ1) is 9.74. The van der Waals surface area contributed by atoms with Crippen molar-refractivity contribution >= 4 is 23.6 Å². The second-order valence-electron chi connectivity index (χ2n) is 5.27. The van der Waals surface area contributed by atoms with Gasteiger partial charge in [-0.1, -0.05) is 6.92 Å². The molecule has 120 valence electrons. The number of hydrogen-bond donors (Lipinski definition) is 2. The Bertz CT molecular complexity index is 438. The Balaban J connectivity index is 2.37. The summed E-state index contributed by atoms with van der Waals surface area (Å²) >= 11 is 1.22. The van der Waals surface area contributed by atoms with Crippen LogP contribution in [0.25, 0.3) is 0 Å². The summed E-state index contributed by atoms with van der Waals surface area (Å²) in [5, 5.41) is 11.2. The van der Waals surface area contributed by atoms with E-state index < -0.39 is 41.4 Å². The van der Waals surface area contributed by atoms with Crippen LogP contribution in [0.15, 0.2) is 0 Å². The van der Waals surface area contributed by atoms with Gasteiger partial charge in [0.25, 0.3) is 0 Å². The number of carboxylic acid groups (broad SMARTS) is 1. The highest BCUT2D eigenvalue weighted by Gasteiger charge is 2.64. The summed E-state index contributed by atoms with van der Waals surface area (Å²) in [7, 11) is 0. The number of amides is 1. The fraction of sp³-hybridized carbons (Fsp3) is 0.833. The quantitative estimate of drug-likeness (QED) is 0.818. The van der Waals surface area contributed by atoms with Crippen molar-refractivity contribution in [2.75, 3.05) is 18.8 Å². The molecule has 0 bridgehead atoms. The molecule has 2 aliphatic rings. The summed E-state index contributed by atoms with van der Waals surface area (Å²) in [5.74, 6) is -2.24. The SMILES string of the molecule is CCC1SCC(C(=O)O)N1C(=O)C1(C(F)(F)F)CCNC1. The fourth-order valence-electron chi connectivity index (χ4n) is 2.83. The number of rotatable bonds is 3. The van der Waals surface area contributed by atoms with Gasteiger partial charge in [-0.2, -0.15) is 13.2 Å². The molecule has 0 aromatic rings. The van der Waals surface area contributed by atoms with E-state index in [0.29, 0.717) is 6.42 Å². The Morgan fingerprint density at radius 3 is 2.57 bits per heavy atom. The highest BCUT2D eigenvalue weighted by Crippen LogP contribution is 2.47. The average molecular weight is 326 g/mol. The van der Waals surface area contributed by atoms with Gasteiger partial charge in [-0.05, 0) is 19.4 Å². The number of carbonyl (C=O) groups is 2. The highest BCUT2D eigenvalue weighted by molar-refractivity contribution is 8.00. The molecule has 2 rings (SSSR count). The monoisotopic (exact) mass is 326 g/mol. The van der Waals surface area contributed by atoms with Crippen molar-refractivity contribution in [3.05, 3.63) is 0 Å². The first-order valence-electron chi connectivity index (χ1n) is 6.69. The second kappa shape index (κ2) is 5.68. The van der Waals surface area contributed by atoms with Gasteiger partial charge in [0.1, 0.15) is 6.04 Å². The molecular formula is C12H17F3N2O3S. The van der Waals surface area contributed by atoms with Crippen LogP contribution in [0.5, 0.6) is 0 Å². The zero-order chi connectivity index (χ0) is 15.8. The van der Waals surface area contributed by atoms with Crippen molar-refractivity contribution in [3.8, 4) is 0 Å². The van der Waals surface area contributed by atoms with E-state index in [1.54, 1.807) is 6.92 Å². The molecule has 1 amide bonds. The lowest BCUT2D eigenvalue weighted by atomic mass is 9.84. The molecule has 0 saturated carbocycles. The fourth-order valence-corrected chi connectivity index (χ4v) is 4.17. The molecule has 2 N–H and O–H groups in total. The van der Waals surface area contributed by atoms with Crippen molar-refractivity contribution in [2.24, 2.45) is 5.41 Å². The van der Waals surface area contributed by atoms with Gasteiger partial charge in [0.2, 0.25) is 5.91 Å². The Morgan fingerprint density at radius 2 is 2.14 bits per heavy atom. The molecule has 2 fully saturated rings. The maximum absolute atomic E-state index is 13.4. The number of carbonyl (C=O) groups excluding carboxylic acids is 1. The van der Waals surface area contributed by atoms with Gasteiger partial charge in [0.15, 0.2) is 5.41 Å². The summed E-state index contributed by atoms with van der Waals surface area (Å²) in [4.78, 5) is 24.8. The van der Waals surface area contributed by atoms with Crippen molar-refractivity contribution in [1.29, 1.82) is 0 Å². The first-order valence-corrected chi connectivity index (χ1v) is 7.74. The Hall–Kier alpha value is -0.960. The standard InChI is InChI=1S/C12H17F3N2O3S/c1-2-8-17(7(5-21-8)9(18)19)10(20)11(12(13,14)15)3-4-16-6-11/h7-8,16H,2-6H2,1H3,(H,18,19). The van der Waals surface area contributed by atoms with Gasteiger partial charge in [0.05, 0.1) is 5.37 Å². The molecule has 0 aliphatic carbocycles. The van der Waals surface area contributed by atoms with E-state index >= 15 is 0 Å². The summed E-state index contributed by atoms with van der Waals surface area (Å²) in [6.07, 6.45) is -4.62. The molecule has 0 aromatic carbocycles. The molecule has 0 spiro atoms. The molecule has 0 radical (unpaired) electrons. The minimum Gasteiger partial charge on any atom is -0.480 e. The van der Waals surface area contributed by atoms with Crippen LogP contribution in [-0.2, 0) is 9.59 Å². The molecule has 3 atom stereocenters. The van der Waals surface area contributed by atoms with Gasteiger partial charge in [-0.25, -0.2) is 4.79 Å². The van der Waals surface area contributed by atoms with E-state index in [1.165, 1.54) is 11.8 Å². The van der Waals surface area contributed by atoms with Crippen LogP contribution >= 0.6 is 11.8 Å². The number of halogens is 3. The Morgan fingerprint density at radius 1 is 1.48 bits per heavy atom. The molecule has 2 heterocycles. The van der Waals surface area contributed by atoms with Crippen LogP contribution in [0, 0.1) is 5.41 Å². The van der Waals surface area contributed by atoms with Gasteiger partial charge < -0.3 is 15.3 Å². The van der Waals surface area contributed by atoms with Crippen LogP contribution in [0.2, 0.25) is 0 Å². The number of thioether (sulfide) groups is 1. The number of hydrogen-bond acceptors (Lipinski definition) is 4. The highest BCUT2D eigenvalue weighted by atomic mass is 32.2. The summed E-state index contributed by atoms with van der Waals surface area (Å²) in [6.45, 7) is 1.34. The lowest BCUT2D eigenvalue weighted by Crippen LogP contribution is -2.58. The van der Waals surface area contributed by atoms with E-state index in [1.807, 2.05) is 0 Å². The third kappa shape index (κ3) is 2.61. The number of nitrogens with one attached hydrogen (secondary N) is 1. The second-order valence-corrected chi connectivity index (χ2v) is 6.48. The van der Waals surface area contributed by atoms with Crippen molar-refractivity contribution in [1.82, 2.24) is 10.2 Å². The van der Waals surface area contributed by atoms with Crippen molar-refractivity contribution < 1.29 is 27.9 Å². The van der Waals surface area contributed by atoms with Gasteiger partial charge >= 0.3 is 12.1 Å². The lowest BCUT2D eigenvalue weighted by molar-refractivity contribution is -0.223. The van der Waals surface area contributed by atoms with Gasteiger partial charge in [-0.3, -0.25) is 4.79 Å². The summed E-state index contributed by atoms with van der Waals surface area (Å²) in [5.41, 5.74) is -2.50. The molecule has 2 aliphatic heterocycles. The molecule has 5 nitrogen and oxygen atoms in total.